The second kappa shape index (κ2) is 7.46. The summed E-state index contributed by atoms with van der Waals surface area (Å²) in [7, 11) is 0. The van der Waals surface area contributed by atoms with Gasteiger partial charge < -0.3 is 4.74 Å². The van der Waals surface area contributed by atoms with Crippen molar-refractivity contribution in [3.63, 3.8) is 0 Å². The molecule has 0 aliphatic heterocycles. The first-order valence-corrected chi connectivity index (χ1v) is 5.99. The largest absolute Gasteiger partial charge is 0.377 e. The third kappa shape index (κ3) is 4.98. The SMILES string of the molecule is CCCC[n+]1ccn(CCOCCC)c1. The van der Waals surface area contributed by atoms with Crippen molar-refractivity contribution in [1.82, 2.24) is 4.57 Å². The van der Waals surface area contributed by atoms with Gasteiger partial charge in [0.15, 0.2) is 0 Å². The van der Waals surface area contributed by atoms with Gasteiger partial charge in [0.2, 0.25) is 6.33 Å². The molecule has 1 heterocycles. The van der Waals surface area contributed by atoms with Crippen molar-refractivity contribution in [1.29, 1.82) is 0 Å². The molecule has 3 nitrogen and oxygen atoms in total. The van der Waals surface area contributed by atoms with Crippen molar-refractivity contribution >= 4 is 0 Å². The Kier molecular flexibility index (Phi) is 6.09. The maximum absolute atomic E-state index is 5.45. The van der Waals surface area contributed by atoms with Crippen molar-refractivity contribution in [3.8, 4) is 0 Å². The second-order valence-electron chi connectivity index (χ2n) is 3.86. The van der Waals surface area contributed by atoms with E-state index < -0.39 is 0 Å². The van der Waals surface area contributed by atoms with Gasteiger partial charge in [-0.25, -0.2) is 9.13 Å². The number of unbranched alkanes of at least 4 members (excludes halogenated alkanes) is 1. The fraction of sp³-hybridized carbons (Fsp3) is 0.750. The summed E-state index contributed by atoms with van der Waals surface area (Å²) in [6, 6.07) is 0. The van der Waals surface area contributed by atoms with Crippen molar-refractivity contribution in [2.24, 2.45) is 0 Å². The Bertz CT molecular complexity index is 258. The lowest BCUT2D eigenvalue weighted by molar-refractivity contribution is -0.696. The number of hydrogen-bond acceptors (Lipinski definition) is 1. The summed E-state index contributed by atoms with van der Waals surface area (Å²) in [5.74, 6) is 0. The average molecular weight is 211 g/mol. The molecule has 1 aromatic rings. The standard InChI is InChI=1S/C12H23N2O/c1-3-5-6-13-7-8-14(12-13)9-11-15-10-4-2/h7-8,12H,3-6,9-11H2,1-2H3/q+1. The normalized spacial score (nSPS) is 10.8. The first-order chi connectivity index (χ1) is 7.36. The minimum atomic E-state index is 0.816. The van der Waals surface area contributed by atoms with Gasteiger partial charge in [0.05, 0.1) is 13.2 Å². The summed E-state index contributed by atoms with van der Waals surface area (Å²) in [5.41, 5.74) is 0. The van der Waals surface area contributed by atoms with Crippen molar-refractivity contribution < 1.29 is 9.30 Å². The van der Waals surface area contributed by atoms with Gasteiger partial charge in [-0.3, -0.25) is 0 Å². The summed E-state index contributed by atoms with van der Waals surface area (Å²) in [6.45, 7) is 8.12. The van der Waals surface area contributed by atoms with Gasteiger partial charge in [-0.15, -0.1) is 0 Å². The Balaban J connectivity index is 2.20. The van der Waals surface area contributed by atoms with Gasteiger partial charge in [0.25, 0.3) is 0 Å². The summed E-state index contributed by atoms with van der Waals surface area (Å²) in [5, 5.41) is 0. The number of aryl methyl sites for hydroxylation is 1. The van der Waals surface area contributed by atoms with Crippen molar-refractivity contribution in [2.45, 2.75) is 46.2 Å². The number of hydrogen-bond donors (Lipinski definition) is 0. The summed E-state index contributed by atoms with van der Waals surface area (Å²) in [6.07, 6.45) is 10.0. The maximum atomic E-state index is 5.45. The van der Waals surface area contributed by atoms with Crippen LogP contribution >= 0.6 is 0 Å². The van der Waals surface area contributed by atoms with Crippen LogP contribution in [-0.4, -0.2) is 17.8 Å². The Hall–Kier alpha value is -0.830. The Morgan fingerprint density at radius 2 is 2.07 bits per heavy atom. The third-order valence-electron chi connectivity index (χ3n) is 2.36. The average Bonchev–Trinajstić information content (AvgIpc) is 2.69. The predicted molar refractivity (Wildman–Crippen MR) is 60.6 cm³/mol. The third-order valence-corrected chi connectivity index (χ3v) is 2.36. The van der Waals surface area contributed by atoms with Crippen molar-refractivity contribution in [3.05, 3.63) is 18.7 Å². The highest BCUT2D eigenvalue weighted by Crippen LogP contribution is 1.90. The fourth-order valence-electron chi connectivity index (χ4n) is 1.46. The quantitative estimate of drug-likeness (QED) is 0.475. The molecule has 0 amide bonds. The van der Waals surface area contributed by atoms with E-state index in [2.05, 4.69) is 41.7 Å². The highest BCUT2D eigenvalue weighted by atomic mass is 16.5. The number of imidazole rings is 1. The lowest BCUT2D eigenvalue weighted by Gasteiger charge is -1.99. The van der Waals surface area contributed by atoms with Gasteiger partial charge in [0.1, 0.15) is 18.9 Å². The van der Waals surface area contributed by atoms with Crippen LogP contribution in [0.4, 0.5) is 0 Å². The molecule has 0 aliphatic carbocycles. The van der Waals surface area contributed by atoms with Crippen LogP contribution in [0.2, 0.25) is 0 Å². The lowest BCUT2D eigenvalue weighted by atomic mass is 10.3. The Morgan fingerprint density at radius 1 is 1.20 bits per heavy atom. The first-order valence-electron chi connectivity index (χ1n) is 5.99. The topological polar surface area (TPSA) is 18.0 Å². The minimum absolute atomic E-state index is 0.816. The molecule has 0 fully saturated rings. The highest BCUT2D eigenvalue weighted by molar-refractivity contribution is 4.65. The van der Waals surface area contributed by atoms with E-state index in [1.807, 2.05) is 0 Å². The number of rotatable bonds is 8. The zero-order valence-corrected chi connectivity index (χ0v) is 9.98. The lowest BCUT2D eigenvalue weighted by Crippen LogP contribution is -2.30. The van der Waals surface area contributed by atoms with Crippen LogP contribution in [0, 0.1) is 0 Å². The molecule has 0 saturated heterocycles. The van der Waals surface area contributed by atoms with Crippen LogP contribution in [-0.2, 0) is 17.8 Å². The Morgan fingerprint density at radius 3 is 2.80 bits per heavy atom. The molecular formula is C12H23N2O+. The summed E-state index contributed by atoms with van der Waals surface area (Å²) in [4.78, 5) is 0. The zero-order valence-electron chi connectivity index (χ0n) is 9.98. The summed E-state index contributed by atoms with van der Waals surface area (Å²) < 4.78 is 9.87. The smallest absolute Gasteiger partial charge is 0.243 e. The molecule has 0 N–H and O–H groups in total. The predicted octanol–water partition coefficient (Wildman–Crippen LogP) is 2.00. The fourth-order valence-corrected chi connectivity index (χ4v) is 1.46. The van der Waals surface area contributed by atoms with E-state index >= 15 is 0 Å². The van der Waals surface area contributed by atoms with Crippen LogP contribution < -0.4 is 4.57 Å². The minimum Gasteiger partial charge on any atom is -0.377 e. The van der Waals surface area contributed by atoms with Gasteiger partial charge in [-0.05, 0) is 12.8 Å². The molecule has 15 heavy (non-hydrogen) atoms. The molecule has 1 aromatic heterocycles. The molecule has 0 spiro atoms. The van der Waals surface area contributed by atoms with Crippen LogP contribution in [0.1, 0.15) is 33.1 Å². The molecule has 0 bridgehead atoms. The number of nitrogens with zero attached hydrogens (tertiary/aromatic N) is 2. The first kappa shape index (κ1) is 12.2. The van der Waals surface area contributed by atoms with E-state index in [1.165, 1.54) is 12.8 Å². The van der Waals surface area contributed by atoms with E-state index in [9.17, 15) is 0 Å². The summed E-state index contributed by atoms with van der Waals surface area (Å²) >= 11 is 0. The molecule has 0 saturated carbocycles. The van der Waals surface area contributed by atoms with Crippen molar-refractivity contribution in [2.75, 3.05) is 13.2 Å². The van der Waals surface area contributed by atoms with E-state index in [0.717, 1.165) is 32.7 Å². The van der Waals surface area contributed by atoms with Gasteiger partial charge >= 0.3 is 0 Å². The van der Waals surface area contributed by atoms with Crippen LogP contribution in [0.3, 0.4) is 0 Å². The van der Waals surface area contributed by atoms with Crippen LogP contribution in [0.25, 0.3) is 0 Å². The molecule has 0 aromatic carbocycles. The molecule has 86 valence electrons. The highest BCUT2D eigenvalue weighted by Gasteiger charge is 2.02. The van der Waals surface area contributed by atoms with Crippen LogP contribution in [0.15, 0.2) is 18.7 Å². The van der Waals surface area contributed by atoms with E-state index in [0.29, 0.717) is 0 Å². The molecule has 0 unspecified atom stereocenters. The molecule has 0 aliphatic rings. The zero-order chi connectivity index (χ0) is 10.9. The Labute approximate surface area is 92.7 Å². The van der Waals surface area contributed by atoms with E-state index in [-0.39, 0.29) is 0 Å². The van der Waals surface area contributed by atoms with Gasteiger partial charge in [0, 0.05) is 6.61 Å². The second-order valence-corrected chi connectivity index (χ2v) is 3.86. The van der Waals surface area contributed by atoms with Crippen LogP contribution in [0.5, 0.6) is 0 Å². The monoisotopic (exact) mass is 211 g/mol. The van der Waals surface area contributed by atoms with Gasteiger partial charge in [-0.1, -0.05) is 20.3 Å². The molecule has 0 atom stereocenters. The van der Waals surface area contributed by atoms with Gasteiger partial charge in [-0.2, -0.15) is 0 Å². The van der Waals surface area contributed by atoms with E-state index in [1.54, 1.807) is 0 Å². The molecule has 0 radical (unpaired) electrons. The molecule has 3 heteroatoms. The molecular weight excluding hydrogens is 188 g/mol. The molecule has 1 rings (SSSR count). The number of ether oxygens (including phenoxy) is 1. The maximum Gasteiger partial charge on any atom is 0.243 e. The number of aromatic nitrogens is 2. The van der Waals surface area contributed by atoms with E-state index in [4.69, 9.17) is 4.74 Å².